The van der Waals surface area contributed by atoms with Crippen LogP contribution in [-0.4, -0.2) is 84.2 Å². The number of benzene rings is 1. The highest BCUT2D eigenvalue weighted by Gasteiger charge is 2.33. The molecule has 1 fully saturated rings. The molecule has 5 heterocycles. The van der Waals surface area contributed by atoms with Crippen molar-refractivity contribution in [2.75, 3.05) is 24.6 Å². The minimum Gasteiger partial charge on any atom is -0.491 e. The van der Waals surface area contributed by atoms with Crippen molar-refractivity contribution in [3.8, 4) is 5.75 Å². The van der Waals surface area contributed by atoms with E-state index >= 15 is 0 Å². The van der Waals surface area contributed by atoms with E-state index in [1.54, 1.807) is 50.8 Å². The maximum Gasteiger partial charge on any atom is 0.408 e. The zero-order chi connectivity index (χ0) is 30.0. The monoisotopic (exact) mass is 587 g/mol. The first-order chi connectivity index (χ1) is 20.7. The molecule has 13 nitrogen and oxygen atoms in total. The van der Waals surface area contributed by atoms with Crippen LogP contribution in [0.1, 0.15) is 50.4 Å². The molecule has 2 aliphatic rings. The van der Waals surface area contributed by atoms with Gasteiger partial charge in [0.1, 0.15) is 35.8 Å². The molecular weight excluding hydrogens is 550 g/mol. The van der Waals surface area contributed by atoms with Gasteiger partial charge in [-0.15, -0.1) is 0 Å². The fraction of sp³-hybridized carbons (Fsp3) is 0.467. The number of carbonyl (C=O) groups is 2. The number of anilines is 1. The number of rotatable bonds is 8. The molecule has 1 aromatic carbocycles. The standard InChI is InChI=1S/C30H37N9O4/c1-30(2,3)43-29(41)37-23(12-20-13-31-16-32-20)28(40)38-11-9-19-6-4-8-24(22(19)14-38)42-15-21-7-5-10-39(21)27-25-26(34-17-33-25)35-18-36-27/h4,6,8,13,16-18,21,23H,5,7,9-12,14-15H2,1-3H3,(H,31,32)(H,37,41)(H,33,34,35,36)/t21-,23?/m1/s1. The number of hydrogen-bond acceptors (Lipinski definition) is 9. The van der Waals surface area contributed by atoms with Gasteiger partial charge >= 0.3 is 6.09 Å². The average molecular weight is 588 g/mol. The van der Waals surface area contributed by atoms with Gasteiger partial charge in [-0.1, -0.05) is 12.1 Å². The molecule has 0 saturated carbocycles. The molecule has 2 aliphatic heterocycles. The Kier molecular flexibility index (Phi) is 7.87. The van der Waals surface area contributed by atoms with Crippen LogP contribution in [0.15, 0.2) is 43.4 Å². The van der Waals surface area contributed by atoms with E-state index in [9.17, 15) is 9.59 Å². The summed E-state index contributed by atoms with van der Waals surface area (Å²) in [7, 11) is 0. The number of aromatic nitrogens is 6. The van der Waals surface area contributed by atoms with E-state index < -0.39 is 17.7 Å². The third-order valence-electron chi connectivity index (χ3n) is 7.79. The van der Waals surface area contributed by atoms with Crippen LogP contribution in [0.25, 0.3) is 11.2 Å². The van der Waals surface area contributed by atoms with Crippen molar-refractivity contribution in [3.63, 3.8) is 0 Å². The molecule has 0 radical (unpaired) electrons. The summed E-state index contributed by atoms with van der Waals surface area (Å²) < 4.78 is 11.9. The lowest BCUT2D eigenvalue weighted by Crippen LogP contribution is -2.51. The van der Waals surface area contributed by atoms with Crippen LogP contribution in [0.5, 0.6) is 5.75 Å². The summed E-state index contributed by atoms with van der Waals surface area (Å²) in [6, 6.07) is 5.37. The Morgan fingerprint density at radius 3 is 2.84 bits per heavy atom. The first-order valence-electron chi connectivity index (χ1n) is 14.6. The number of aromatic amines is 2. The average Bonchev–Trinajstić information content (AvgIpc) is 3.76. The molecule has 43 heavy (non-hydrogen) atoms. The van der Waals surface area contributed by atoms with Gasteiger partial charge in [-0.3, -0.25) is 4.79 Å². The Morgan fingerprint density at radius 2 is 2.02 bits per heavy atom. The maximum absolute atomic E-state index is 13.9. The molecule has 4 aromatic rings. The number of imidazole rings is 2. The van der Waals surface area contributed by atoms with Gasteiger partial charge < -0.3 is 34.6 Å². The highest BCUT2D eigenvalue weighted by atomic mass is 16.6. The van der Waals surface area contributed by atoms with Crippen LogP contribution >= 0.6 is 0 Å². The van der Waals surface area contributed by atoms with Crippen LogP contribution in [0.3, 0.4) is 0 Å². The summed E-state index contributed by atoms with van der Waals surface area (Å²) in [6.07, 6.45) is 8.72. The zero-order valence-corrected chi connectivity index (χ0v) is 24.7. The van der Waals surface area contributed by atoms with Crippen LogP contribution in [0.4, 0.5) is 10.6 Å². The van der Waals surface area contributed by atoms with Gasteiger partial charge in [-0.2, -0.15) is 0 Å². The number of ether oxygens (including phenoxy) is 2. The second-order valence-corrected chi connectivity index (χ2v) is 12.0. The summed E-state index contributed by atoms with van der Waals surface area (Å²) in [5.74, 6) is 1.41. The summed E-state index contributed by atoms with van der Waals surface area (Å²) >= 11 is 0. The van der Waals surface area contributed by atoms with E-state index in [1.807, 2.05) is 12.1 Å². The number of nitrogens with zero attached hydrogens (tertiary/aromatic N) is 6. The summed E-state index contributed by atoms with van der Waals surface area (Å²) in [5, 5.41) is 2.79. The molecule has 2 amide bonds. The maximum atomic E-state index is 13.9. The second-order valence-electron chi connectivity index (χ2n) is 12.0. The fourth-order valence-corrected chi connectivity index (χ4v) is 5.80. The lowest BCUT2D eigenvalue weighted by atomic mass is 9.97. The van der Waals surface area contributed by atoms with Crippen LogP contribution in [0, 0.1) is 0 Å². The zero-order valence-electron chi connectivity index (χ0n) is 24.7. The number of alkyl carbamates (subject to hydrolysis) is 1. The van der Waals surface area contributed by atoms with Gasteiger partial charge in [0.05, 0.1) is 18.7 Å². The van der Waals surface area contributed by atoms with Crippen LogP contribution in [-0.2, 0) is 28.9 Å². The Morgan fingerprint density at radius 1 is 1.14 bits per heavy atom. The van der Waals surface area contributed by atoms with Gasteiger partial charge in [-0.05, 0) is 51.7 Å². The topological polar surface area (TPSA) is 154 Å². The van der Waals surface area contributed by atoms with E-state index in [0.717, 1.165) is 53.3 Å². The Balaban J connectivity index is 1.16. The summed E-state index contributed by atoms with van der Waals surface area (Å²) in [4.78, 5) is 53.9. The van der Waals surface area contributed by atoms with E-state index in [2.05, 4.69) is 46.2 Å². The molecule has 226 valence electrons. The van der Waals surface area contributed by atoms with Crippen molar-refractivity contribution in [2.24, 2.45) is 0 Å². The fourth-order valence-electron chi connectivity index (χ4n) is 5.80. The molecule has 3 N–H and O–H groups in total. The van der Waals surface area contributed by atoms with E-state index in [1.165, 1.54) is 0 Å². The summed E-state index contributed by atoms with van der Waals surface area (Å²) in [5.41, 5.74) is 3.67. The second kappa shape index (κ2) is 11.9. The Labute approximate surface area is 249 Å². The van der Waals surface area contributed by atoms with Gasteiger partial charge in [0.25, 0.3) is 0 Å². The molecule has 0 spiro atoms. The summed E-state index contributed by atoms with van der Waals surface area (Å²) in [6.45, 7) is 7.64. The highest BCUT2D eigenvalue weighted by molar-refractivity contribution is 5.86. The van der Waals surface area contributed by atoms with Crippen molar-refractivity contribution in [1.29, 1.82) is 0 Å². The predicted octanol–water partition coefficient (Wildman–Crippen LogP) is 3.14. The van der Waals surface area contributed by atoms with Crippen molar-refractivity contribution in [2.45, 2.75) is 70.7 Å². The minimum absolute atomic E-state index is 0.135. The molecule has 13 heteroatoms. The van der Waals surface area contributed by atoms with Crippen molar-refractivity contribution in [1.82, 2.24) is 40.1 Å². The highest BCUT2D eigenvalue weighted by Crippen LogP contribution is 2.32. The van der Waals surface area contributed by atoms with Crippen molar-refractivity contribution < 1.29 is 19.1 Å². The third kappa shape index (κ3) is 6.40. The first kappa shape index (κ1) is 28.4. The number of fused-ring (bicyclic) bond motifs is 2. The molecule has 3 aromatic heterocycles. The lowest BCUT2D eigenvalue weighted by molar-refractivity contribution is -0.134. The smallest absolute Gasteiger partial charge is 0.408 e. The number of carbonyl (C=O) groups excluding carboxylic acids is 2. The SMILES string of the molecule is CC(C)(C)OC(=O)NC(Cc1cnc[nH]1)C(=O)N1CCc2cccc(OC[C@H]3CCCN3c3ncnc4nc[nH]c34)c2C1. The number of amides is 2. The quantitative estimate of drug-likeness (QED) is 0.282. The first-order valence-corrected chi connectivity index (χ1v) is 14.6. The Hall–Kier alpha value is -4.68. The number of hydrogen-bond donors (Lipinski definition) is 3. The van der Waals surface area contributed by atoms with Crippen molar-refractivity contribution in [3.05, 3.63) is 60.2 Å². The third-order valence-corrected chi connectivity index (χ3v) is 7.79. The van der Waals surface area contributed by atoms with Gasteiger partial charge in [0.2, 0.25) is 5.91 Å². The van der Waals surface area contributed by atoms with Crippen LogP contribution in [0.2, 0.25) is 0 Å². The largest absolute Gasteiger partial charge is 0.491 e. The predicted molar refractivity (Wildman–Crippen MR) is 159 cm³/mol. The molecular formula is C30H37N9O4. The van der Waals surface area contributed by atoms with Gasteiger partial charge in [0, 0.05) is 43.5 Å². The van der Waals surface area contributed by atoms with Crippen molar-refractivity contribution >= 4 is 29.0 Å². The molecule has 1 saturated heterocycles. The molecule has 2 atom stereocenters. The van der Waals surface area contributed by atoms with E-state index in [0.29, 0.717) is 31.8 Å². The normalized spacial score (nSPS) is 17.5. The van der Waals surface area contributed by atoms with Crippen LogP contribution < -0.4 is 15.0 Å². The van der Waals surface area contributed by atoms with E-state index in [-0.39, 0.29) is 18.4 Å². The number of nitrogens with one attached hydrogen (secondary N) is 3. The van der Waals surface area contributed by atoms with Gasteiger partial charge in [-0.25, -0.2) is 24.7 Å². The minimum atomic E-state index is -0.816. The lowest BCUT2D eigenvalue weighted by Gasteiger charge is -2.33. The molecule has 1 unspecified atom stereocenters. The molecule has 6 rings (SSSR count). The molecule has 0 aliphatic carbocycles. The number of H-pyrrole nitrogens is 2. The Bertz CT molecular complexity index is 1580. The van der Waals surface area contributed by atoms with E-state index in [4.69, 9.17) is 9.47 Å². The van der Waals surface area contributed by atoms with Gasteiger partial charge in [0.15, 0.2) is 11.5 Å². The molecule has 0 bridgehead atoms.